The summed E-state index contributed by atoms with van der Waals surface area (Å²) >= 11 is 0. The minimum absolute atomic E-state index is 0.165. The molecule has 33 heavy (non-hydrogen) atoms. The minimum Gasteiger partial charge on any atom is -0.478 e. The topological polar surface area (TPSA) is 101 Å². The summed E-state index contributed by atoms with van der Waals surface area (Å²) in [6.45, 7) is 0.188. The van der Waals surface area contributed by atoms with Crippen molar-refractivity contribution >= 4 is 11.9 Å². The highest BCUT2D eigenvalue weighted by Crippen LogP contribution is 2.30. The predicted molar refractivity (Wildman–Crippen MR) is 119 cm³/mol. The maximum Gasteiger partial charge on any atom is 0.335 e. The van der Waals surface area contributed by atoms with Crippen molar-refractivity contribution in [3.05, 3.63) is 108 Å². The van der Waals surface area contributed by atoms with Crippen LogP contribution in [0.2, 0.25) is 0 Å². The number of amides is 1. The van der Waals surface area contributed by atoms with Gasteiger partial charge in [-0.3, -0.25) is 4.79 Å². The van der Waals surface area contributed by atoms with Crippen LogP contribution in [0, 0.1) is 5.82 Å². The molecule has 1 amide bonds. The van der Waals surface area contributed by atoms with Gasteiger partial charge in [0, 0.05) is 24.5 Å². The zero-order valence-corrected chi connectivity index (χ0v) is 17.2. The number of nitrogens with one attached hydrogen (secondary N) is 1. The molecule has 7 nitrogen and oxygen atoms in total. The highest BCUT2D eigenvalue weighted by atomic mass is 19.1. The lowest BCUT2D eigenvalue weighted by Gasteiger charge is -2.13. The van der Waals surface area contributed by atoms with Crippen molar-refractivity contribution in [2.45, 2.75) is 6.54 Å². The monoisotopic (exact) mass is 443 g/mol. The summed E-state index contributed by atoms with van der Waals surface area (Å²) in [5, 5.41) is 11.8. The molecule has 0 aliphatic carbocycles. The van der Waals surface area contributed by atoms with Crippen LogP contribution in [0.15, 0.2) is 85.5 Å². The van der Waals surface area contributed by atoms with Crippen LogP contribution < -0.4 is 10.1 Å². The molecule has 1 aromatic heterocycles. The Morgan fingerprint density at radius 3 is 2.27 bits per heavy atom. The van der Waals surface area contributed by atoms with E-state index in [0.29, 0.717) is 11.5 Å². The number of carboxylic acids is 1. The lowest BCUT2D eigenvalue weighted by Crippen LogP contribution is -2.23. The van der Waals surface area contributed by atoms with Crippen LogP contribution in [0.4, 0.5) is 4.39 Å². The molecule has 8 heteroatoms. The van der Waals surface area contributed by atoms with Gasteiger partial charge in [0.1, 0.15) is 23.6 Å². The lowest BCUT2D eigenvalue weighted by molar-refractivity contribution is 0.0696. The number of carbonyl (C=O) groups is 2. The minimum atomic E-state index is -1.02. The zero-order valence-electron chi connectivity index (χ0n) is 17.2. The molecule has 0 atom stereocenters. The normalized spacial score (nSPS) is 10.5. The number of benzene rings is 3. The fourth-order valence-corrected chi connectivity index (χ4v) is 3.10. The quantitative estimate of drug-likeness (QED) is 0.429. The number of ether oxygens (including phenoxy) is 1. The molecule has 0 spiro atoms. The zero-order chi connectivity index (χ0) is 23.2. The average molecular weight is 443 g/mol. The van der Waals surface area contributed by atoms with Gasteiger partial charge in [0.2, 0.25) is 0 Å². The van der Waals surface area contributed by atoms with Gasteiger partial charge >= 0.3 is 5.97 Å². The number of aromatic nitrogens is 2. The Hall–Kier alpha value is -4.59. The van der Waals surface area contributed by atoms with Crippen molar-refractivity contribution < 1.29 is 23.8 Å². The highest BCUT2D eigenvalue weighted by Gasteiger charge is 2.16. The third-order valence-electron chi connectivity index (χ3n) is 4.81. The summed E-state index contributed by atoms with van der Waals surface area (Å²) < 4.78 is 19.1. The summed E-state index contributed by atoms with van der Waals surface area (Å²) in [6, 6.07) is 16.8. The van der Waals surface area contributed by atoms with E-state index >= 15 is 0 Å². The molecule has 0 bridgehead atoms. The maximum absolute atomic E-state index is 13.2. The first-order valence-corrected chi connectivity index (χ1v) is 9.93. The van der Waals surface area contributed by atoms with Gasteiger partial charge in [0.25, 0.3) is 5.91 Å². The van der Waals surface area contributed by atoms with E-state index in [1.807, 2.05) is 0 Å². The van der Waals surface area contributed by atoms with E-state index in [1.54, 1.807) is 42.7 Å². The van der Waals surface area contributed by atoms with Gasteiger partial charge in [-0.2, -0.15) is 0 Å². The van der Waals surface area contributed by atoms with E-state index in [2.05, 4.69) is 15.3 Å². The fraction of sp³-hybridized carbons (Fsp3) is 0.0400. The Morgan fingerprint density at radius 2 is 1.61 bits per heavy atom. The van der Waals surface area contributed by atoms with Gasteiger partial charge in [0.15, 0.2) is 0 Å². The molecule has 1 heterocycles. The first-order chi connectivity index (χ1) is 16.0. The second-order valence-electron chi connectivity index (χ2n) is 7.08. The Balaban J connectivity index is 1.60. The van der Waals surface area contributed by atoms with Crippen LogP contribution in [0.25, 0.3) is 11.1 Å². The lowest BCUT2D eigenvalue weighted by atomic mass is 10.0. The summed E-state index contributed by atoms with van der Waals surface area (Å²) in [6.07, 6.45) is 4.68. The van der Waals surface area contributed by atoms with E-state index in [1.165, 1.54) is 42.7 Å². The van der Waals surface area contributed by atoms with E-state index in [0.717, 1.165) is 16.7 Å². The first-order valence-electron chi connectivity index (χ1n) is 9.93. The van der Waals surface area contributed by atoms with Crippen molar-refractivity contribution in [3.8, 4) is 22.6 Å². The molecule has 0 radical (unpaired) electrons. The Kier molecular flexibility index (Phi) is 6.36. The van der Waals surface area contributed by atoms with Crippen LogP contribution in [-0.4, -0.2) is 27.0 Å². The Morgan fingerprint density at radius 1 is 0.909 bits per heavy atom. The van der Waals surface area contributed by atoms with Crippen LogP contribution in [-0.2, 0) is 6.54 Å². The van der Waals surface area contributed by atoms with Gasteiger partial charge < -0.3 is 15.2 Å². The fourth-order valence-electron chi connectivity index (χ4n) is 3.10. The second-order valence-corrected chi connectivity index (χ2v) is 7.08. The molecule has 164 valence electrons. The van der Waals surface area contributed by atoms with E-state index in [-0.39, 0.29) is 17.7 Å². The van der Waals surface area contributed by atoms with Crippen LogP contribution in [0.1, 0.15) is 26.3 Å². The molecule has 3 aromatic carbocycles. The molecule has 4 aromatic rings. The molecule has 2 N–H and O–H groups in total. The van der Waals surface area contributed by atoms with Gasteiger partial charge in [0.05, 0.1) is 11.1 Å². The standard InChI is InChI=1S/C25H18FN3O4/c26-20-6-8-21(9-7-20)33-23-10-5-18(19-13-27-15-28-14-19)11-22(23)24(30)29-12-16-1-3-17(4-2-16)25(31)32/h1-11,13-15H,12H2,(H,29,30)(H,31,32). The predicted octanol–water partition coefficient (Wildman–Crippen LogP) is 4.70. The van der Waals surface area contributed by atoms with Gasteiger partial charge in [-0.05, 0) is 59.7 Å². The number of halogens is 1. The van der Waals surface area contributed by atoms with Crippen LogP contribution in [0.3, 0.4) is 0 Å². The number of rotatable bonds is 7. The molecular formula is C25H18FN3O4. The van der Waals surface area contributed by atoms with E-state index in [4.69, 9.17) is 9.84 Å². The highest BCUT2D eigenvalue weighted by molar-refractivity contribution is 5.98. The molecule has 0 aliphatic rings. The largest absolute Gasteiger partial charge is 0.478 e. The van der Waals surface area contributed by atoms with Crippen molar-refractivity contribution in [1.82, 2.24) is 15.3 Å². The van der Waals surface area contributed by atoms with Crippen molar-refractivity contribution in [2.75, 3.05) is 0 Å². The Bertz CT molecular complexity index is 1280. The second kappa shape index (κ2) is 9.69. The number of aromatic carboxylic acids is 1. The smallest absolute Gasteiger partial charge is 0.335 e. The third kappa shape index (κ3) is 5.37. The summed E-state index contributed by atoms with van der Waals surface area (Å²) in [5.74, 6) is -1.14. The summed E-state index contributed by atoms with van der Waals surface area (Å²) in [4.78, 5) is 32.1. The van der Waals surface area contributed by atoms with Crippen molar-refractivity contribution in [1.29, 1.82) is 0 Å². The van der Waals surface area contributed by atoms with Gasteiger partial charge in [-0.15, -0.1) is 0 Å². The van der Waals surface area contributed by atoms with Crippen molar-refractivity contribution in [3.63, 3.8) is 0 Å². The van der Waals surface area contributed by atoms with E-state index < -0.39 is 17.7 Å². The summed E-state index contributed by atoms with van der Waals surface area (Å²) in [7, 11) is 0. The molecule has 0 aliphatic heterocycles. The number of hydrogen-bond donors (Lipinski definition) is 2. The molecule has 0 saturated heterocycles. The van der Waals surface area contributed by atoms with Crippen molar-refractivity contribution in [2.24, 2.45) is 0 Å². The molecule has 0 unspecified atom stereocenters. The van der Waals surface area contributed by atoms with Crippen LogP contribution >= 0.6 is 0 Å². The van der Waals surface area contributed by atoms with Gasteiger partial charge in [-0.1, -0.05) is 18.2 Å². The molecular weight excluding hydrogens is 425 g/mol. The summed E-state index contributed by atoms with van der Waals surface area (Å²) in [5.41, 5.74) is 2.62. The van der Waals surface area contributed by atoms with E-state index in [9.17, 15) is 14.0 Å². The number of nitrogens with zero attached hydrogens (tertiary/aromatic N) is 2. The third-order valence-corrected chi connectivity index (χ3v) is 4.81. The first kappa shape index (κ1) is 21.6. The number of carboxylic acid groups (broad SMARTS) is 1. The Labute approximate surface area is 188 Å². The average Bonchev–Trinajstić information content (AvgIpc) is 2.85. The molecule has 0 fully saturated rings. The molecule has 4 rings (SSSR count). The van der Waals surface area contributed by atoms with Crippen LogP contribution in [0.5, 0.6) is 11.5 Å². The number of hydrogen-bond acceptors (Lipinski definition) is 5. The SMILES string of the molecule is O=C(O)c1ccc(CNC(=O)c2cc(-c3cncnc3)ccc2Oc2ccc(F)cc2)cc1. The number of carbonyl (C=O) groups excluding carboxylic acids is 1. The maximum atomic E-state index is 13.2. The molecule has 0 saturated carbocycles. The van der Waals surface area contributed by atoms with Gasteiger partial charge in [-0.25, -0.2) is 19.2 Å².